The van der Waals surface area contributed by atoms with E-state index >= 15 is 0 Å². The molecule has 0 saturated heterocycles. The van der Waals surface area contributed by atoms with Crippen molar-refractivity contribution in [3.63, 3.8) is 0 Å². The maximum absolute atomic E-state index is 5.45. The fourth-order valence-corrected chi connectivity index (χ4v) is 13.2. The van der Waals surface area contributed by atoms with Crippen LogP contribution in [0.2, 0.25) is 0 Å². The van der Waals surface area contributed by atoms with Crippen LogP contribution in [-0.2, 0) is 0 Å². The van der Waals surface area contributed by atoms with E-state index in [0.29, 0.717) is 17.5 Å². The standard InChI is InChI=1S/C81H52N6/c1-5-21-53(22-6-1)55-37-41-59(42-38-55)79-82-80(60-43-39-56(40-44-60)54-23-7-2-8-24-54)84-81(83-79)61-49-68(57-25-9-3-10-26-57)78(69(50-61)58-27-11-4-12-28-58)87-76-47-45-62(85-72-33-17-13-29-64(72)65-30-14-18-34-73(65)85)51-70(76)71-52-63(46-48-77(71)87)86-74-35-19-15-31-66(74)67-32-16-20-36-75(67)86/h1-52H. The van der Waals surface area contributed by atoms with Gasteiger partial charge in [-0.25, -0.2) is 15.0 Å². The van der Waals surface area contributed by atoms with Crippen LogP contribution in [0, 0.1) is 0 Å². The minimum absolute atomic E-state index is 0.573. The summed E-state index contributed by atoms with van der Waals surface area (Å²) in [7, 11) is 0. The molecule has 4 heterocycles. The lowest BCUT2D eigenvalue weighted by Gasteiger charge is -2.21. The van der Waals surface area contributed by atoms with Crippen molar-refractivity contribution in [2.75, 3.05) is 0 Å². The number of hydrogen-bond acceptors (Lipinski definition) is 3. The first kappa shape index (κ1) is 49.8. The highest BCUT2D eigenvalue weighted by Crippen LogP contribution is 2.46. The Morgan fingerprint density at radius 1 is 0.184 bits per heavy atom. The molecule has 0 unspecified atom stereocenters. The smallest absolute Gasteiger partial charge is 0.164 e. The second-order valence-corrected chi connectivity index (χ2v) is 22.3. The zero-order valence-electron chi connectivity index (χ0n) is 47.2. The third-order valence-electron chi connectivity index (χ3n) is 17.3. The summed E-state index contributed by atoms with van der Waals surface area (Å²) in [6.07, 6.45) is 0. The molecule has 0 radical (unpaired) electrons. The molecule has 0 saturated carbocycles. The highest BCUT2D eigenvalue weighted by Gasteiger charge is 2.25. The van der Waals surface area contributed by atoms with E-state index in [9.17, 15) is 0 Å². The molecule has 6 heteroatoms. The molecule has 17 rings (SSSR count). The van der Waals surface area contributed by atoms with Gasteiger partial charge in [0.05, 0.1) is 38.8 Å². The van der Waals surface area contributed by atoms with Gasteiger partial charge in [0, 0.05) is 71.5 Å². The van der Waals surface area contributed by atoms with Crippen molar-refractivity contribution in [3.05, 3.63) is 315 Å². The summed E-state index contributed by atoms with van der Waals surface area (Å²) in [5.74, 6) is 1.76. The predicted octanol–water partition coefficient (Wildman–Crippen LogP) is 20.8. The highest BCUT2D eigenvalue weighted by molar-refractivity contribution is 6.15. The van der Waals surface area contributed by atoms with E-state index in [4.69, 9.17) is 15.0 Å². The van der Waals surface area contributed by atoms with Crippen LogP contribution in [0.5, 0.6) is 0 Å². The van der Waals surface area contributed by atoms with Gasteiger partial charge < -0.3 is 13.7 Å². The fourth-order valence-electron chi connectivity index (χ4n) is 13.2. The second kappa shape index (κ2) is 20.6. The van der Waals surface area contributed by atoms with Crippen molar-refractivity contribution in [3.8, 4) is 95.7 Å². The van der Waals surface area contributed by atoms with E-state index < -0.39 is 0 Å². The van der Waals surface area contributed by atoms with Crippen molar-refractivity contribution in [2.45, 2.75) is 0 Å². The van der Waals surface area contributed by atoms with Crippen molar-refractivity contribution in [2.24, 2.45) is 0 Å². The van der Waals surface area contributed by atoms with Gasteiger partial charge in [-0.15, -0.1) is 0 Å². The number of hydrogen-bond donors (Lipinski definition) is 0. The summed E-state index contributed by atoms with van der Waals surface area (Å²) in [5.41, 5.74) is 21.5. The van der Waals surface area contributed by atoms with Gasteiger partial charge in [-0.3, -0.25) is 0 Å². The van der Waals surface area contributed by atoms with Gasteiger partial charge in [0.1, 0.15) is 0 Å². The molecule has 0 aliphatic heterocycles. The average molecular weight is 1110 g/mol. The molecular weight excluding hydrogens is 1060 g/mol. The van der Waals surface area contributed by atoms with Gasteiger partial charge in [0.25, 0.3) is 0 Å². The van der Waals surface area contributed by atoms with E-state index in [0.717, 1.165) is 100 Å². The Bertz CT molecular complexity index is 5030. The van der Waals surface area contributed by atoms with Gasteiger partial charge in [-0.05, 0) is 106 Å². The van der Waals surface area contributed by atoms with Gasteiger partial charge in [0.15, 0.2) is 17.5 Å². The summed E-state index contributed by atoms with van der Waals surface area (Å²) >= 11 is 0. The molecule has 0 N–H and O–H groups in total. The van der Waals surface area contributed by atoms with Gasteiger partial charge in [-0.2, -0.15) is 0 Å². The van der Waals surface area contributed by atoms with Gasteiger partial charge >= 0.3 is 0 Å². The minimum Gasteiger partial charge on any atom is -0.309 e. The zero-order chi connectivity index (χ0) is 57.4. The number of para-hydroxylation sites is 4. The SMILES string of the molecule is c1ccc(-c2ccc(-c3nc(-c4ccc(-c5ccccc5)cc4)nc(-c4cc(-c5ccccc5)c(-n5c6ccc(-n7c8ccccc8c8ccccc87)cc6c6cc(-n7c8ccccc8c8ccccc87)ccc65)c(-c5ccccc5)c4)n3)cc2)cc1. The van der Waals surface area contributed by atoms with Crippen LogP contribution in [0.1, 0.15) is 0 Å². The van der Waals surface area contributed by atoms with Crippen LogP contribution in [0.25, 0.3) is 161 Å². The number of rotatable bonds is 10. The van der Waals surface area contributed by atoms with Crippen LogP contribution >= 0.6 is 0 Å². The molecule has 0 bridgehead atoms. The van der Waals surface area contributed by atoms with Gasteiger partial charge in [-0.1, -0.05) is 243 Å². The first-order valence-corrected chi connectivity index (χ1v) is 29.6. The van der Waals surface area contributed by atoms with Crippen LogP contribution in [0.3, 0.4) is 0 Å². The molecule has 4 aromatic heterocycles. The number of benzene rings is 13. The van der Waals surface area contributed by atoms with E-state index in [1.54, 1.807) is 0 Å². The molecule has 0 spiro atoms. The second-order valence-electron chi connectivity index (χ2n) is 22.3. The first-order chi connectivity index (χ1) is 43.1. The number of nitrogens with zero attached hydrogens (tertiary/aromatic N) is 6. The maximum Gasteiger partial charge on any atom is 0.164 e. The first-order valence-electron chi connectivity index (χ1n) is 29.6. The molecule has 0 atom stereocenters. The molecule has 6 nitrogen and oxygen atoms in total. The molecule has 87 heavy (non-hydrogen) atoms. The van der Waals surface area contributed by atoms with Crippen LogP contribution in [0.4, 0.5) is 0 Å². The Morgan fingerprint density at radius 3 is 0.816 bits per heavy atom. The molecule has 17 aromatic rings. The average Bonchev–Trinajstić information content (AvgIpc) is 1.76. The van der Waals surface area contributed by atoms with Gasteiger partial charge in [0.2, 0.25) is 0 Å². The maximum atomic E-state index is 5.45. The largest absolute Gasteiger partial charge is 0.309 e. The Hall–Kier alpha value is -11.7. The van der Waals surface area contributed by atoms with E-state index in [-0.39, 0.29) is 0 Å². The summed E-state index contributed by atoms with van der Waals surface area (Å²) in [5, 5.41) is 7.18. The summed E-state index contributed by atoms with van der Waals surface area (Å²) in [6, 6.07) is 113. The number of fused-ring (bicyclic) bond motifs is 9. The third-order valence-corrected chi connectivity index (χ3v) is 17.3. The lowest BCUT2D eigenvalue weighted by atomic mass is 9.92. The monoisotopic (exact) mass is 1110 g/mol. The molecular formula is C81H52N6. The van der Waals surface area contributed by atoms with Crippen molar-refractivity contribution in [1.29, 1.82) is 0 Å². The minimum atomic E-state index is 0.573. The normalized spacial score (nSPS) is 11.7. The molecule has 13 aromatic carbocycles. The molecule has 0 aliphatic rings. The number of aromatic nitrogens is 6. The Kier molecular flexibility index (Phi) is 11.8. The lowest BCUT2D eigenvalue weighted by Crippen LogP contribution is -2.04. The Labute approximate surface area is 502 Å². The molecule has 406 valence electrons. The van der Waals surface area contributed by atoms with Crippen LogP contribution < -0.4 is 0 Å². The molecule has 0 aliphatic carbocycles. The van der Waals surface area contributed by atoms with Crippen LogP contribution in [-0.4, -0.2) is 28.7 Å². The van der Waals surface area contributed by atoms with Crippen LogP contribution in [0.15, 0.2) is 315 Å². The molecule has 0 amide bonds. The fraction of sp³-hybridized carbons (Fsp3) is 0. The van der Waals surface area contributed by atoms with Crippen molar-refractivity contribution < 1.29 is 0 Å². The summed E-state index contributed by atoms with van der Waals surface area (Å²) in [4.78, 5) is 16.2. The van der Waals surface area contributed by atoms with Crippen molar-refractivity contribution >= 4 is 65.4 Å². The van der Waals surface area contributed by atoms with Crippen molar-refractivity contribution in [1.82, 2.24) is 28.7 Å². The quantitative estimate of drug-likeness (QED) is 0.137. The predicted molar refractivity (Wildman–Crippen MR) is 361 cm³/mol. The summed E-state index contributed by atoms with van der Waals surface area (Å²) < 4.78 is 7.36. The topological polar surface area (TPSA) is 53.5 Å². The Morgan fingerprint density at radius 2 is 0.460 bits per heavy atom. The molecule has 0 fully saturated rings. The summed E-state index contributed by atoms with van der Waals surface area (Å²) in [6.45, 7) is 0. The zero-order valence-corrected chi connectivity index (χ0v) is 47.2. The lowest BCUT2D eigenvalue weighted by molar-refractivity contribution is 1.07. The van der Waals surface area contributed by atoms with E-state index in [1.807, 2.05) is 12.1 Å². The Balaban J connectivity index is 0.933. The van der Waals surface area contributed by atoms with E-state index in [1.165, 1.54) is 43.6 Å². The third kappa shape index (κ3) is 8.45. The van der Waals surface area contributed by atoms with E-state index in [2.05, 4.69) is 317 Å². The highest BCUT2D eigenvalue weighted by atomic mass is 15.0.